The summed E-state index contributed by atoms with van der Waals surface area (Å²) < 4.78 is 41.2. The molecule has 2 aliphatic heterocycles. The van der Waals surface area contributed by atoms with Crippen LogP contribution < -0.4 is 0 Å². The number of nitrogens with zero attached hydrogens (tertiary/aromatic N) is 4. The Morgan fingerprint density at radius 1 is 1.19 bits per heavy atom. The van der Waals surface area contributed by atoms with E-state index in [1.54, 1.807) is 36.6 Å². The molecule has 2 aliphatic rings. The summed E-state index contributed by atoms with van der Waals surface area (Å²) in [7, 11) is 0. The summed E-state index contributed by atoms with van der Waals surface area (Å²) in [6, 6.07) is 6.84. The van der Waals surface area contributed by atoms with Gasteiger partial charge < -0.3 is 4.57 Å². The van der Waals surface area contributed by atoms with Gasteiger partial charge in [-0.3, -0.25) is 10.2 Å². The summed E-state index contributed by atoms with van der Waals surface area (Å²) in [6.07, 6.45) is -2.90. The van der Waals surface area contributed by atoms with E-state index in [9.17, 15) is 18.0 Å². The average Bonchev–Trinajstić information content (AvgIpc) is 3.25. The highest BCUT2D eigenvalue weighted by Crippen LogP contribution is 2.33. The molecule has 2 aromatic rings. The smallest absolute Gasteiger partial charge is 0.318 e. The van der Waals surface area contributed by atoms with E-state index in [1.807, 2.05) is 13.8 Å². The Kier molecular flexibility index (Phi) is 5.36. The molecule has 0 fully saturated rings. The molecule has 1 amide bonds. The predicted octanol–water partition coefficient (Wildman–Crippen LogP) is 5.39. The Labute approximate surface area is 187 Å². The highest BCUT2D eigenvalue weighted by Gasteiger charge is 2.36. The summed E-state index contributed by atoms with van der Waals surface area (Å²) in [4.78, 5) is 16.7. The molecule has 0 spiro atoms. The Morgan fingerprint density at radius 2 is 1.91 bits per heavy atom. The second kappa shape index (κ2) is 7.77. The van der Waals surface area contributed by atoms with Crippen molar-refractivity contribution in [1.82, 2.24) is 9.58 Å². The van der Waals surface area contributed by atoms with Gasteiger partial charge in [-0.1, -0.05) is 19.9 Å². The van der Waals surface area contributed by atoms with Crippen LogP contribution in [0.4, 0.5) is 13.2 Å². The minimum atomic E-state index is -4.45. The summed E-state index contributed by atoms with van der Waals surface area (Å²) in [5.41, 5.74) is 1.67. The highest BCUT2D eigenvalue weighted by molar-refractivity contribution is 8.27. The number of aliphatic imine (C=N–C) groups is 1. The molecule has 0 saturated carbocycles. The van der Waals surface area contributed by atoms with Crippen molar-refractivity contribution in [1.29, 1.82) is 5.41 Å². The van der Waals surface area contributed by atoms with Crippen LogP contribution in [0, 0.1) is 25.2 Å². The molecule has 1 aromatic carbocycles. The lowest BCUT2D eigenvalue weighted by Gasteiger charge is -2.20. The summed E-state index contributed by atoms with van der Waals surface area (Å²) in [5.74, 6) is -0.486. The molecule has 0 bridgehead atoms. The molecule has 0 saturated heterocycles. The van der Waals surface area contributed by atoms with Crippen molar-refractivity contribution in [3.63, 3.8) is 0 Å². The molecule has 32 heavy (non-hydrogen) atoms. The van der Waals surface area contributed by atoms with Crippen LogP contribution in [0.25, 0.3) is 11.8 Å². The van der Waals surface area contributed by atoms with Crippen LogP contribution in [0.5, 0.6) is 0 Å². The number of hydrazone groups is 1. The number of carbonyl (C=O) groups is 1. The lowest BCUT2D eigenvalue weighted by molar-refractivity contribution is -0.137. The number of benzene rings is 1. The standard InChI is InChI=1S/C22H20F3N5OS/c1-11(2)20-28-30-18(26)17(19(31)27-21(30)32-20)9-14-8-12(3)29(13(14)4)16-7-5-6-15(10-16)22(23,24)25/h5-11,26H,1-4H3. The molecule has 0 aliphatic carbocycles. The van der Waals surface area contributed by atoms with Crippen LogP contribution >= 0.6 is 11.8 Å². The van der Waals surface area contributed by atoms with Crippen LogP contribution in [-0.2, 0) is 11.0 Å². The number of rotatable bonds is 3. The van der Waals surface area contributed by atoms with Crippen molar-refractivity contribution in [3.8, 4) is 5.69 Å². The van der Waals surface area contributed by atoms with E-state index in [4.69, 9.17) is 5.41 Å². The van der Waals surface area contributed by atoms with Gasteiger partial charge in [0.15, 0.2) is 5.84 Å². The molecule has 1 aromatic heterocycles. The number of thioether (sulfide) groups is 1. The first-order chi connectivity index (χ1) is 15.0. The van der Waals surface area contributed by atoms with Gasteiger partial charge in [-0.05, 0) is 61.5 Å². The zero-order chi connectivity index (χ0) is 23.4. The summed E-state index contributed by atoms with van der Waals surface area (Å²) >= 11 is 1.27. The fraction of sp³-hybridized carbons (Fsp3) is 0.273. The average molecular weight is 459 g/mol. The monoisotopic (exact) mass is 459 g/mol. The van der Waals surface area contributed by atoms with Crippen molar-refractivity contribution < 1.29 is 18.0 Å². The first-order valence-corrected chi connectivity index (χ1v) is 10.7. The molecule has 0 unspecified atom stereocenters. The molecular formula is C22H20F3N5OS. The topological polar surface area (TPSA) is 73.8 Å². The van der Waals surface area contributed by atoms with E-state index in [0.717, 1.165) is 17.2 Å². The molecule has 166 valence electrons. The van der Waals surface area contributed by atoms with Gasteiger partial charge in [0.2, 0.25) is 5.17 Å². The molecule has 3 heterocycles. The number of aryl methyl sites for hydroxylation is 1. The number of hydrogen-bond donors (Lipinski definition) is 1. The summed E-state index contributed by atoms with van der Waals surface area (Å²) in [6.45, 7) is 7.47. The Hall–Kier alpha value is -3.14. The number of nitrogens with one attached hydrogen (secondary N) is 1. The lowest BCUT2D eigenvalue weighted by Crippen LogP contribution is -2.35. The van der Waals surface area contributed by atoms with E-state index in [-0.39, 0.29) is 17.3 Å². The fourth-order valence-electron chi connectivity index (χ4n) is 3.55. The van der Waals surface area contributed by atoms with Gasteiger partial charge in [0.25, 0.3) is 5.91 Å². The minimum absolute atomic E-state index is 0.0763. The van der Waals surface area contributed by atoms with Crippen LogP contribution in [0.1, 0.15) is 36.4 Å². The second-order valence-electron chi connectivity index (χ2n) is 7.82. The number of amides is 1. The van der Waals surface area contributed by atoms with Crippen molar-refractivity contribution in [2.45, 2.75) is 33.9 Å². The van der Waals surface area contributed by atoms with Gasteiger partial charge in [0.1, 0.15) is 5.04 Å². The SMILES string of the molecule is Cc1cc(C=C2C(=N)N3N=C(C(C)C)SC3=NC2=O)c(C)n1-c1cccc(C(F)(F)F)c1. The molecule has 4 rings (SSSR count). The third-order valence-electron chi connectivity index (χ3n) is 5.17. The van der Waals surface area contributed by atoms with Gasteiger partial charge in [0.05, 0.1) is 11.1 Å². The predicted molar refractivity (Wildman–Crippen MR) is 120 cm³/mol. The number of alkyl halides is 3. The Morgan fingerprint density at radius 3 is 2.56 bits per heavy atom. The highest BCUT2D eigenvalue weighted by atomic mass is 32.2. The number of hydrogen-bond acceptors (Lipinski definition) is 4. The van der Waals surface area contributed by atoms with Gasteiger partial charge >= 0.3 is 6.18 Å². The Bertz CT molecular complexity index is 1240. The van der Waals surface area contributed by atoms with Crippen LogP contribution in [-0.4, -0.2) is 31.5 Å². The number of carbonyl (C=O) groups excluding carboxylic acids is 1. The molecule has 1 N–H and O–H groups in total. The van der Waals surface area contributed by atoms with Crippen molar-refractivity contribution in [2.24, 2.45) is 16.0 Å². The molecule has 0 atom stereocenters. The lowest BCUT2D eigenvalue weighted by atomic mass is 10.1. The third kappa shape index (κ3) is 3.79. The van der Waals surface area contributed by atoms with Crippen molar-refractivity contribution >= 4 is 39.8 Å². The fourth-order valence-corrected chi connectivity index (χ4v) is 4.44. The maximum Gasteiger partial charge on any atom is 0.416 e. The third-order valence-corrected chi connectivity index (χ3v) is 6.37. The number of halogens is 3. The first-order valence-electron chi connectivity index (χ1n) is 9.84. The van der Waals surface area contributed by atoms with Crippen molar-refractivity contribution in [3.05, 3.63) is 58.4 Å². The summed E-state index contributed by atoms with van der Waals surface area (Å²) in [5, 5.41) is 15.3. The largest absolute Gasteiger partial charge is 0.416 e. The number of aromatic nitrogens is 1. The Balaban J connectivity index is 1.74. The van der Waals surface area contributed by atoms with Gasteiger partial charge in [0, 0.05) is 23.0 Å². The van der Waals surface area contributed by atoms with Gasteiger partial charge in [-0.15, -0.1) is 0 Å². The number of fused-ring (bicyclic) bond motifs is 1. The normalized spacial score (nSPS) is 17.9. The maximum atomic E-state index is 13.2. The van der Waals surface area contributed by atoms with Crippen LogP contribution in [0.3, 0.4) is 0 Å². The van der Waals surface area contributed by atoms with E-state index < -0.39 is 17.6 Å². The zero-order valence-corrected chi connectivity index (χ0v) is 18.6. The van der Waals surface area contributed by atoms with E-state index in [1.165, 1.54) is 22.8 Å². The molecule has 0 radical (unpaired) electrons. The van der Waals surface area contributed by atoms with Crippen LogP contribution in [0.2, 0.25) is 0 Å². The molecular weight excluding hydrogens is 439 g/mol. The zero-order valence-electron chi connectivity index (χ0n) is 17.8. The minimum Gasteiger partial charge on any atom is -0.318 e. The number of amidine groups is 2. The van der Waals surface area contributed by atoms with E-state index >= 15 is 0 Å². The second-order valence-corrected chi connectivity index (χ2v) is 8.81. The van der Waals surface area contributed by atoms with E-state index in [2.05, 4.69) is 10.1 Å². The maximum absolute atomic E-state index is 13.2. The molecule has 10 heteroatoms. The first kappa shape index (κ1) is 22.1. The van der Waals surface area contributed by atoms with Gasteiger partial charge in [-0.2, -0.15) is 28.3 Å². The quantitative estimate of drug-likeness (QED) is 0.626. The van der Waals surface area contributed by atoms with Crippen molar-refractivity contribution in [2.75, 3.05) is 0 Å². The molecule has 6 nitrogen and oxygen atoms in total. The van der Waals surface area contributed by atoms with Crippen LogP contribution in [0.15, 0.2) is 46.0 Å². The van der Waals surface area contributed by atoms with E-state index in [0.29, 0.717) is 27.8 Å². The van der Waals surface area contributed by atoms with Gasteiger partial charge in [-0.25, -0.2) is 0 Å².